The van der Waals surface area contributed by atoms with E-state index >= 15 is 0 Å². The van der Waals surface area contributed by atoms with Crippen LogP contribution < -0.4 is 0 Å². The second-order valence-electron chi connectivity index (χ2n) is 11.4. The second-order valence-corrected chi connectivity index (χ2v) is 11.4. The Morgan fingerprint density at radius 3 is 1.11 bits per heavy atom. The molecule has 0 atom stereocenters. The van der Waals surface area contributed by atoms with E-state index in [4.69, 9.17) is 0 Å². The van der Waals surface area contributed by atoms with Crippen molar-refractivity contribution in [3.05, 3.63) is 168 Å². The third-order valence-electron chi connectivity index (χ3n) is 7.06. The molecular formula is C59H90O4. The molecule has 6 aromatic carbocycles. The lowest BCUT2D eigenvalue weighted by atomic mass is 10.0. The van der Waals surface area contributed by atoms with Crippen molar-refractivity contribution in [1.29, 1.82) is 0 Å². The number of carbonyl (C=O) groups excluding carboxylic acids is 4. The number of hydrogen-bond acceptors (Lipinski definition) is 4. The van der Waals surface area contributed by atoms with Gasteiger partial charge < -0.3 is 0 Å². The number of fused-ring (bicyclic) bond motifs is 2. The summed E-state index contributed by atoms with van der Waals surface area (Å²) in [5.74, 6) is 0.753. The standard InChI is InChI=1S/2C13H12O.C9H10O.C8H8O.8C2H6/c1-10(14)9-12-7-4-6-11-5-2-3-8-13(11)12;1-10(14)8-11-6-7-12-4-2-3-5-13(12)9-11;1-8(10)7-9-5-3-2-4-6-9;1-7(9)8-5-3-2-4-6-8;8*1-2/h2-8H,9H2,1H3;2-7,9H,8H2,1H3;2-6H,7H2,1H3;2-6H,1H3;8*1-2H3. The van der Waals surface area contributed by atoms with Gasteiger partial charge in [0.15, 0.2) is 5.78 Å². The van der Waals surface area contributed by atoms with Gasteiger partial charge in [-0.15, -0.1) is 0 Å². The molecular weight excluding hydrogens is 773 g/mol. The third-order valence-corrected chi connectivity index (χ3v) is 7.06. The van der Waals surface area contributed by atoms with Crippen molar-refractivity contribution in [1.82, 2.24) is 0 Å². The van der Waals surface area contributed by atoms with E-state index in [1.165, 1.54) is 21.5 Å². The van der Waals surface area contributed by atoms with Crippen LogP contribution in [-0.4, -0.2) is 23.1 Å². The zero-order valence-electron chi connectivity index (χ0n) is 43.6. The van der Waals surface area contributed by atoms with Gasteiger partial charge in [-0.3, -0.25) is 19.2 Å². The molecule has 350 valence electrons. The summed E-state index contributed by atoms with van der Waals surface area (Å²) in [6.07, 6.45) is 1.62. The normalized spacial score (nSPS) is 8.13. The Morgan fingerprint density at radius 1 is 0.317 bits per heavy atom. The first-order valence-corrected chi connectivity index (χ1v) is 23.6. The Labute approximate surface area is 388 Å². The predicted molar refractivity (Wildman–Crippen MR) is 285 cm³/mol. The van der Waals surface area contributed by atoms with Crippen LogP contribution in [0.3, 0.4) is 0 Å². The first-order chi connectivity index (χ1) is 30.6. The number of ketones is 4. The highest BCUT2D eigenvalue weighted by Gasteiger charge is 2.02. The van der Waals surface area contributed by atoms with Crippen LogP contribution in [0.2, 0.25) is 0 Å². The lowest BCUT2D eigenvalue weighted by Gasteiger charge is -2.03. The van der Waals surface area contributed by atoms with Gasteiger partial charge in [-0.1, -0.05) is 256 Å². The van der Waals surface area contributed by atoms with Gasteiger partial charge in [0.05, 0.1) is 0 Å². The summed E-state index contributed by atoms with van der Waals surface area (Å²) < 4.78 is 0. The van der Waals surface area contributed by atoms with Crippen LogP contribution in [0.25, 0.3) is 21.5 Å². The highest BCUT2D eigenvalue weighted by atomic mass is 16.1. The fourth-order valence-electron chi connectivity index (χ4n) is 4.91. The van der Waals surface area contributed by atoms with Gasteiger partial charge in [-0.05, 0) is 65.9 Å². The van der Waals surface area contributed by atoms with Crippen molar-refractivity contribution >= 4 is 44.7 Å². The van der Waals surface area contributed by atoms with E-state index in [1.54, 1.807) is 27.7 Å². The van der Waals surface area contributed by atoms with E-state index in [2.05, 4.69) is 42.5 Å². The Morgan fingerprint density at radius 2 is 0.683 bits per heavy atom. The lowest BCUT2D eigenvalue weighted by molar-refractivity contribution is -0.117. The topological polar surface area (TPSA) is 68.3 Å². The Balaban J connectivity index is -0.000000157. The summed E-state index contributed by atoms with van der Waals surface area (Å²) in [7, 11) is 0. The smallest absolute Gasteiger partial charge is 0.159 e. The summed E-state index contributed by atoms with van der Waals surface area (Å²) >= 11 is 0. The van der Waals surface area contributed by atoms with Crippen LogP contribution in [-0.2, 0) is 33.6 Å². The molecule has 0 spiro atoms. The lowest BCUT2D eigenvalue weighted by Crippen LogP contribution is -1.96. The van der Waals surface area contributed by atoms with Crippen molar-refractivity contribution in [2.45, 2.75) is 158 Å². The van der Waals surface area contributed by atoms with Gasteiger partial charge in [-0.2, -0.15) is 0 Å². The molecule has 0 saturated heterocycles. The summed E-state index contributed by atoms with van der Waals surface area (Å²) in [6, 6.07) is 47.6. The SMILES string of the molecule is CC.CC.CC.CC.CC.CC.CC.CC.CC(=O)Cc1ccc2ccccc2c1.CC(=O)Cc1cccc2ccccc12.CC(=O)Cc1ccccc1.CC(=O)c1ccccc1. The molecule has 0 saturated carbocycles. The molecule has 0 radical (unpaired) electrons. The Kier molecular flexibility index (Phi) is 57.9. The van der Waals surface area contributed by atoms with Crippen LogP contribution in [0.15, 0.2) is 146 Å². The predicted octanol–water partition coefficient (Wildman–Crippen LogP) is 17.9. The Hall–Kier alpha value is -5.48. The molecule has 0 aliphatic rings. The number of rotatable bonds is 7. The molecule has 63 heavy (non-hydrogen) atoms. The quantitative estimate of drug-likeness (QED) is 0.150. The number of Topliss-reactive ketones (excluding diaryl/α,β-unsaturated/α-hetero) is 4. The molecule has 0 aliphatic carbocycles. The van der Waals surface area contributed by atoms with Gasteiger partial charge in [0, 0.05) is 24.8 Å². The average Bonchev–Trinajstić information content (AvgIpc) is 3.35. The highest BCUT2D eigenvalue weighted by molar-refractivity contribution is 5.94. The third kappa shape index (κ3) is 36.9. The van der Waals surface area contributed by atoms with Gasteiger partial charge in [0.1, 0.15) is 17.3 Å². The molecule has 0 fully saturated rings. The van der Waals surface area contributed by atoms with Crippen molar-refractivity contribution < 1.29 is 19.2 Å². The minimum absolute atomic E-state index is 0.121. The fourth-order valence-corrected chi connectivity index (χ4v) is 4.91. The average molecular weight is 863 g/mol. The van der Waals surface area contributed by atoms with Crippen LogP contribution in [0.5, 0.6) is 0 Å². The number of benzene rings is 6. The number of hydrogen-bond donors (Lipinski definition) is 0. The molecule has 6 aromatic rings. The molecule has 6 rings (SSSR count). The molecule has 4 nitrogen and oxygen atoms in total. The maximum atomic E-state index is 11.1. The molecule has 0 aliphatic heterocycles. The minimum Gasteiger partial charge on any atom is -0.300 e. The number of carbonyl (C=O) groups is 4. The first kappa shape index (κ1) is 69.2. The van der Waals surface area contributed by atoms with Crippen LogP contribution >= 0.6 is 0 Å². The van der Waals surface area contributed by atoms with Gasteiger partial charge >= 0.3 is 0 Å². The van der Waals surface area contributed by atoms with Crippen LogP contribution in [0.4, 0.5) is 0 Å². The van der Waals surface area contributed by atoms with E-state index in [0.29, 0.717) is 19.3 Å². The molecule has 0 amide bonds. The maximum absolute atomic E-state index is 11.1. The van der Waals surface area contributed by atoms with E-state index in [-0.39, 0.29) is 23.1 Å². The van der Waals surface area contributed by atoms with E-state index in [0.717, 1.165) is 22.3 Å². The fraction of sp³-hybridized carbons (Fsp3) is 0.390. The molecule has 0 bridgehead atoms. The van der Waals surface area contributed by atoms with Crippen molar-refractivity contribution in [3.8, 4) is 0 Å². The molecule has 0 N–H and O–H groups in total. The van der Waals surface area contributed by atoms with Gasteiger partial charge in [-0.25, -0.2) is 0 Å². The monoisotopic (exact) mass is 863 g/mol. The van der Waals surface area contributed by atoms with E-state index < -0.39 is 0 Å². The molecule has 4 heteroatoms. The molecule has 0 aromatic heterocycles. The van der Waals surface area contributed by atoms with E-state index in [9.17, 15) is 19.2 Å². The largest absolute Gasteiger partial charge is 0.300 e. The van der Waals surface area contributed by atoms with Crippen LogP contribution in [0.1, 0.15) is 166 Å². The summed E-state index contributed by atoms with van der Waals surface area (Å²) in [5.41, 5.74) is 4.08. The summed E-state index contributed by atoms with van der Waals surface area (Å²) in [6.45, 7) is 38.4. The van der Waals surface area contributed by atoms with Gasteiger partial charge in [0.25, 0.3) is 0 Å². The van der Waals surface area contributed by atoms with Crippen LogP contribution in [0, 0.1) is 0 Å². The summed E-state index contributed by atoms with van der Waals surface area (Å²) in [5, 5.41) is 4.81. The van der Waals surface area contributed by atoms with Crippen molar-refractivity contribution in [3.63, 3.8) is 0 Å². The van der Waals surface area contributed by atoms with Crippen molar-refractivity contribution in [2.75, 3.05) is 0 Å². The zero-order chi connectivity index (χ0) is 50.0. The highest BCUT2D eigenvalue weighted by Crippen LogP contribution is 2.19. The summed E-state index contributed by atoms with van der Waals surface area (Å²) in [4.78, 5) is 43.3. The van der Waals surface area contributed by atoms with Gasteiger partial charge in [0.2, 0.25) is 0 Å². The molecule has 0 heterocycles. The van der Waals surface area contributed by atoms with E-state index in [1.807, 2.05) is 214 Å². The minimum atomic E-state index is 0.121. The Bertz CT molecular complexity index is 1900. The van der Waals surface area contributed by atoms with Crippen molar-refractivity contribution in [2.24, 2.45) is 0 Å². The first-order valence-electron chi connectivity index (χ1n) is 23.6. The molecule has 0 unspecified atom stereocenters. The maximum Gasteiger partial charge on any atom is 0.159 e. The second kappa shape index (κ2) is 52.7. The zero-order valence-corrected chi connectivity index (χ0v) is 43.6.